The zero-order chi connectivity index (χ0) is 38.7. The second-order valence-corrected chi connectivity index (χ2v) is 14.4. The van der Waals surface area contributed by atoms with E-state index in [1.807, 2.05) is 51.4 Å². The number of hydrogen-bond acceptors (Lipinski definition) is 10. The number of rotatable bonds is 12. The molecule has 4 amide bonds. The molecule has 0 spiro atoms. The molecule has 1 saturated heterocycles. The van der Waals surface area contributed by atoms with Crippen molar-refractivity contribution >= 4 is 35.5 Å². The minimum atomic E-state index is -0.384. The van der Waals surface area contributed by atoms with Crippen molar-refractivity contribution in [1.29, 1.82) is 0 Å². The average Bonchev–Trinajstić information content (AvgIpc) is 4.09. The molecular weight excluding hydrogens is 687 g/mol. The summed E-state index contributed by atoms with van der Waals surface area (Å²) < 4.78 is 2.07. The van der Waals surface area contributed by atoms with Crippen LogP contribution in [-0.2, 0) is 14.4 Å². The van der Waals surface area contributed by atoms with Gasteiger partial charge in [0.1, 0.15) is 17.2 Å². The van der Waals surface area contributed by atoms with Gasteiger partial charge in [-0.15, -0.1) is 0 Å². The average molecular weight is 738 g/mol. The van der Waals surface area contributed by atoms with E-state index in [4.69, 9.17) is 16.6 Å². The number of anilines is 2. The highest BCUT2D eigenvalue weighted by Gasteiger charge is 2.38. The second kappa shape index (κ2) is 16.0. The maximum absolute atomic E-state index is 13.0. The number of benzene rings is 1. The number of nitrogens with one attached hydrogen (secondary N) is 3. The number of carbonyl (C=O) groups excluding carboxylic acids is 4. The third-order valence-corrected chi connectivity index (χ3v) is 10.2. The van der Waals surface area contributed by atoms with Gasteiger partial charge in [-0.05, 0) is 64.2 Å². The van der Waals surface area contributed by atoms with E-state index in [1.165, 1.54) is 6.08 Å². The molecule has 2 aliphatic heterocycles. The fourth-order valence-corrected chi connectivity index (χ4v) is 6.70. The number of aromatic nitrogens is 3. The summed E-state index contributed by atoms with van der Waals surface area (Å²) in [7, 11) is 3.82. The lowest BCUT2D eigenvalue weighted by molar-refractivity contribution is -0.123. The quantitative estimate of drug-likeness (QED) is 0.105. The van der Waals surface area contributed by atoms with Gasteiger partial charge in [-0.2, -0.15) is 5.10 Å². The van der Waals surface area contributed by atoms with Crippen LogP contribution in [0.4, 0.5) is 11.4 Å². The SMILES string of the molecule is CCC1c2c(cnn2C2CN(C=O)C2)-c2cccc(NC(/C=C(\N)NC(=O)C3CC3)=C(/N)C(=O)NC3CC3)c2N1C.CCN(C)C(=O)c1cccc(C)n1. The molecule has 3 fully saturated rings. The van der Waals surface area contributed by atoms with Gasteiger partial charge < -0.3 is 42.1 Å². The molecule has 1 atom stereocenters. The number of para-hydroxylation sites is 1. The summed E-state index contributed by atoms with van der Waals surface area (Å²) >= 11 is 0. The summed E-state index contributed by atoms with van der Waals surface area (Å²) in [5, 5.41) is 13.8. The van der Waals surface area contributed by atoms with Crippen LogP contribution in [0.3, 0.4) is 0 Å². The first-order valence-electron chi connectivity index (χ1n) is 18.6. The van der Waals surface area contributed by atoms with Gasteiger partial charge in [-0.3, -0.25) is 23.9 Å². The highest BCUT2D eigenvalue weighted by atomic mass is 16.2. The van der Waals surface area contributed by atoms with Crippen LogP contribution < -0.4 is 32.3 Å². The Morgan fingerprint density at radius 3 is 2.37 bits per heavy atom. The number of amides is 4. The Morgan fingerprint density at radius 1 is 1.02 bits per heavy atom. The molecule has 4 aliphatic rings. The first kappa shape index (κ1) is 37.9. The molecule has 15 heteroatoms. The standard InChI is InChI=1S/C29H37N9O3.C10H14N2O/c1-3-23-27-20(12-32-38(27)18-13-37(14-18)15-39)19-5-4-6-21(26(19)36(23)2)34-22(25(31)29(41)33-17-9-10-17)11-24(30)35-28(40)16-7-8-16;1-4-12(3)10(13)9-7-5-6-8(2)11-9/h4-6,11-12,15-18,23,34H,3,7-10,13-14,30-31H2,1-2H3,(H,33,41)(H,35,40);5-7H,4H2,1-3H3/b24-11+,25-22+;. The summed E-state index contributed by atoms with van der Waals surface area (Å²) in [6.07, 6.45) is 8.68. The number of nitrogens with zero attached hydrogens (tertiary/aromatic N) is 6. The monoisotopic (exact) mass is 737 g/mol. The van der Waals surface area contributed by atoms with E-state index in [0.717, 1.165) is 72.4 Å². The molecule has 15 nitrogen and oxygen atoms in total. The van der Waals surface area contributed by atoms with Crippen molar-refractivity contribution in [2.45, 2.75) is 71.0 Å². The summed E-state index contributed by atoms with van der Waals surface area (Å²) in [6.45, 7) is 7.95. The lowest BCUT2D eigenvalue weighted by atomic mass is 9.91. The van der Waals surface area contributed by atoms with E-state index in [9.17, 15) is 19.2 Å². The van der Waals surface area contributed by atoms with Crippen molar-refractivity contribution in [3.05, 3.63) is 83.0 Å². The van der Waals surface area contributed by atoms with Crippen LogP contribution in [0.5, 0.6) is 0 Å². The van der Waals surface area contributed by atoms with Gasteiger partial charge in [0.25, 0.3) is 11.8 Å². The predicted octanol–water partition coefficient (Wildman–Crippen LogP) is 3.13. The summed E-state index contributed by atoms with van der Waals surface area (Å²) in [5.41, 5.74) is 19.1. The van der Waals surface area contributed by atoms with Gasteiger partial charge in [0.2, 0.25) is 12.3 Å². The lowest BCUT2D eigenvalue weighted by Crippen LogP contribution is -2.48. The highest BCUT2D eigenvalue weighted by molar-refractivity contribution is 5.97. The Morgan fingerprint density at radius 2 is 1.74 bits per heavy atom. The lowest BCUT2D eigenvalue weighted by Gasteiger charge is -2.41. The molecule has 286 valence electrons. The molecule has 2 saturated carbocycles. The number of nitrogens with two attached hydrogens (primary N) is 2. The molecule has 2 aliphatic carbocycles. The van der Waals surface area contributed by atoms with Crippen molar-refractivity contribution in [2.24, 2.45) is 17.4 Å². The maximum Gasteiger partial charge on any atom is 0.272 e. The van der Waals surface area contributed by atoms with E-state index >= 15 is 0 Å². The summed E-state index contributed by atoms with van der Waals surface area (Å²) in [5.74, 6) is -0.439. The minimum Gasteiger partial charge on any atom is -0.393 e. The zero-order valence-electron chi connectivity index (χ0n) is 31.6. The van der Waals surface area contributed by atoms with Gasteiger partial charge >= 0.3 is 0 Å². The van der Waals surface area contributed by atoms with Crippen LogP contribution in [-0.4, -0.2) is 88.5 Å². The number of pyridine rings is 1. The number of carbonyl (C=O) groups is 4. The van der Waals surface area contributed by atoms with Gasteiger partial charge in [-0.1, -0.05) is 25.1 Å². The third kappa shape index (κ3) is 8.19. The van der Waals surface area contributed by atoms with Crippen LogP contribution >= 0.6 is 0 Å². The molecule has 0 radical (unpaired) electrons. The topological polar surface area (TPSA) is 197 Å². The maximum atomic E-state index is 13.0. The molecule has 1 unspecified atom stereocenters. The van der Waals surface area contributed by atoms with E-state index in [2.05, 4.69) is 43.5 Å². The number of aryl methyl sites for hydroxylation is 1. The Hall–Kier alpha value is -5.86. The molecule has 4 heterocycles. The van der Waals surface area contributed by atoms with Crippen LogP contribution in [0, 0.1) is 12.8 Å². The first-order chi connectivity index (χ1) is 25.9. The third-order valence-electron chi connectivity index (χ3n) is 10.2. The van der Waals surface area contributed by atoms with Crippen LogP contribution in [0.15, 0.2) is 65.9 Å². The van der Waals surface area contributed by atoms with Gasteiger partial charge in [0, 0.05) is 68.6 Å². The molecular formula is C39H51N11O4. The van der Waals surface area contributed by atoms with E-state index in [1.54, 1.807) is 22.9 Å². The summed E-state index contributed by atoms with van der Waals surface area (Å²) in [4.78, 5) is 57.8. The first-order valence-corrected chi connectivity index (χ1v) is 18.6. The Balaban J connectivity index is 0.000000325. The predicted molar refractivity (Wildman–Crippen MR) is 207 cm³/mol. The largest absolute Gasteiger partial charge is 0.393 e. The number of likely N-dealkylation sites (tertiary alicyclic amines) is 1. The molecule has 7 rings (SSSR count). The number of allylic oxidation sites excluding steroid dienone is 1. The Kier molecular flexibility index (Phi) is 11.2. The van der Waals surface area contributed by atoms with Crippen LogP contribution in [0.1, 0.15) is 79.9 Å². The molecule has 54 heavy (non-hydrogen) atoms. The van der Waals surface area contributed by atoms with Gasteiger partial charge in [0.05, 0.1) is 41.0 Å². The fraction of sp³-hybridized carbons (Fsp3) is 0.436. The number of hydrogen-bond donors (Lipinski definition) is 5. The highest BCUT2D eigenvalue weighted by Crippen LogP contribution is 2.49. The van der Waals surface area contributed by atoms with Crippen molar-refractivity contribution < 1.29 is 19.2 Å². The fourth-order valence-electron chi connectivity index (χ4n) is 6.70. The Bertz CT molecular complexity index is 1970. The second-order valence-electron chi connectivity index (χ2n) is 14.4. The minimum absolute atomic E-state index is 0.0122. The molecule has 7 N–H and O–H groups in total. The van der Waals surface area contributed by atoms with Gasteiger partial charge in [-0.25, -0.2) is 4.98 Å². The van der Waals surface area contributed by atoms with Crippen molar-refractivity contribution in [3.63, 3.8) is 0 Å². The normalized spacial score (nSPS) is 18.2. The summed E-state index contributed by atoms with van der Waals surface area (Å²) in [6, 6.07) is 11.7. The molecule has 1 aromatic carbocycles. The Labute approximate surface area is 315 Å². The zero-order valence-corrected chi connectivity index (χ0v) is 31.6. The van der Waals surface area contributed by atoms with Crippen LogP contribution in [0.25, 0.3) is 11.1 Å². The van der Waals surface area contributed by atoms with Crippen LogP contribution in [0.2, 0.25) is 0 Å². The van der Waals surface area contributed by atoms with E-state index in [0.29, 0.717) is 31.0 Å². The number of fused-ring (bicyclic) bond motifs is 3. The molecule has 3 aromatic rings. The van der Waals surface area contributed by atoms with Crippen molar-refractivity contribution in [2.75, 3.05) is 43.9 Å². The molecule has 2 aromatic heterocycles. The van der Waals surface area contributed by atoms with Crippen molar-refractivity contribution in [3.8, 4) is 11.1 Å². The van der Waals surface area contributed by atoms with E-state index in [-0.39, 0.29) is 53.3 Å². The van der Waals surface area contributed by atoms with E-state index < -0.39 is 0 Å². The molecule has 0 bridgehead atoms. The smallest absolute Gasteiger partial charge is 0.272 e. The van der Waals surface area contributed by atoms with Crippen molar-refractivity contribution in [1.82, 2.24) is 35.2 Å². The van der Waals surface area contributed by atoms with Gasteiger partial charge in [0.15, 0.2) is 0 Å².